The Kier molecular flexibility index (Phi) is 4.81. The lowest BCUT2D eigenvalue weighted by Crippen LogP contribution is -2.35. The van der Waals surface area contributed by atoms with Gasteiger partial charge in [-0.05, 0) is 25.9 Å². The van der Waals surface area contributed by atoms with Crippen LogP contribution in [0, 0.1) is 0 Å². The molecule has 0 unspecified atom stereocenters. The van der Waals surface area contributed by atoms with Crippen molar-refractivity contribution in [1.29, 1.82) is 0 Å². The highest BCUT2D eigenvalue weighted by molar-refractivity contribution is 6.31. The molecule has 1 saturated heterocycles. The summed E-state index contributed by atoms with van der Waals surface area (Å²) in [5, 5.41) is 6.19. The molecule has 0 aromatic carbocycles. The zero-order valence-corrected chi connectivity index (χ0v) is 12.3. The van der Waals surface area contributed by atoms with E-state index >= 15 is 0 Å². The molecule has 0 radical (unpaired) electrons. The molecule has 0 atom stereocenters. The molecule has 0 aliphatic carbocycles. The summed E-state index contributed by atoms with van der Waals surface area (Å²) >= 11 is 5.83. The highest BCUT2D eigenvalue weighted by Gasteiger charge is 2.14. The van der Waals surface area contributed by atoms with Gasteiger partial charge in [-0.25, -0.2) is 15.0 Å². The van der Waals surface area contributed by atoms with Crippen molar-refractivity contribution in [2.45, 2.75) is 18.9 Å². The van der Waals surface area contributed by atoms with Gasteiger partial charge in [-0.2, -0.15) is 0 Å². The van der Waals surface area contributed by atoms with Crippen LogP contribution >= 0.6 is 11.6 Å². The number of aromatic nitrogens is 2. The molecule has 0 saturated carbocycles. The normalized spacial score (nSPS) is 16.7. The number of aliphatic imine (C=N–C) groups is 1. The van der Waals surface area contributed by atoms with Gasteiger partial charge in [0.25, 0.3) is 0 Å². The third-order valence-corrected chi connectivity index (χ3v) is 3.38. The van der Waals surface area contributed by atoms with Crippen molar-refractivity contribution in [3.63, 3.8) is 0 Å². The lowest BCUT2D eigenvalue weighted by Gasteiger charge is -2.20. The van der Waals surface area contributed by atoms with Crippen LogP contribution in [0.15, 0.2) is 11.6 Å². The van der Waals surface area contributed by atoms with Gasteiger partial charge in [0.2, 0.25) is 0 Å². The van der Waals surface area contributed by atoms with E-state index in [1.54, 1.807) is 0 Å². The smallest absolute Gasteiger partial charge is 0.193 e. The van der Waals surface area contributed by atoms with E-state index in [0.29, 0.717) is 11.4 Å². The van der Waals surface area contributed by atoms with Gasteiger partial charge in [0, 0.05) is 0 Å². The number of rotatable bonds is 3. The monoisotopic (exact) mass is 310 g/mol. The first kappa shape index (κ1) is 15.3. The lowest BCUT2D eigenvalue weighted by atomic mass is 10.1. The minimum Gasteiger partial charge on any atom is -0.382 e. The molecule has 2 rings (SSSR count). The molecule has 21 heavy (non-hydrogen) atoms. The van der Waals surface area contributed by atoms with Crippen molar-refractivity contribution in [3.05, 3.63) is 17.4 Å². The fraction of sp³-hybridized carbons (Fsp3) is 0.417. The van der Waals surface area contributed by atoms with Gasteiger partial charge in [0.15, 0.2) is 22.7 Å². The second-order valence-corrected chi connectivity index (χ2v) is 5.09. The van der Waals surface area contributed by atoms with Crippen LogP contribution in [0.1, 0.15) is 18.5 Å². The molecule has 0 amide bonds. The Morgan fingerprint density at radius 3 is 2.62 bits per heavy atom. The number of guanidine groups is 1. The van der Waals surface area contributed by atoms with E-state index in [1.807, 2.05) is 0 Å². The minimum atomic E-state index is 0.0658. The van der Waals surface area contributed by atoms with E-state index in [1.165, 1.54) is 0 Å². The van der Waals surface area contributed by atoms with Gasteiger partial charge in [-0.1, -0.05) is 18.2 Å². The molecule has 1 fully saturated rings. The summed E-state index contributed by atoms with van der Waals surface area (Å²) in [7, 11) is 0. The maximum atomic E-state index is 5.87. The number of hydrogen-bond acceptors (Lipinski definition) is 6. The predicted molar refractivity (Wildman–Crippen MR) is 85.6 cm³/mol. The van der Waals surface area contributed by atoms with Gasteiger partial charge in [-0.3, -0.25) is 0 Å². The van der Waals surface area contributed by atoms with Crippen LogP contribution in [0.4, 0.5) is 11.6 Å². The minimum absolute atomic E-state index is 0.0658. The molecule has 8 N–H and O–H groups in total. The van der Waals surface area contributed by atoms with Gasteiger partial charge in [0.1, 0.15) is 5.69 Å². The Bertz CT molecular complexity index is 565. The van der Waals surface area contributed by atoms with E-state index in [9.17, 15) is 0 Å². The molecular formula is C12H19ClN8. The molecule has 1 aliphatic rings. The number of hydrogen-bond donors (Lipinski definition) is 5. The Labute approximate surface area is 127 Å². The summed E-state index contributed by atoms with van der Waals surface area (Å²) in [5.41, 5.74) is 17.8. The van der Waals surface area contributed by atoms with Crippen molar-refractivity contribution in [1.82, 2.24) is 20.6 Å². The SMILES string of the molecule is C=C(NC(N)=NC1CCNCC1)c1nc(Cl)c(N)nc1N. The van der Waals surface area contributed by atoms with Gasteiger partial charge in [-0.15, -0.1) is 0 Å². The van der Waals surface area contributed by atoms with E-state index in [2.05, 4.69) is 32.2 Å². The largest absolute Gasteiger partial charge is 0.382 e. The molecule has 1 aliphatic heterocycles. The predicted octanol–water partition coefficient (Wildman–Crippen LogP) is -0.0786. The summed E-state index contributed by atoms with van der Waals surface area (Å²) in [5.74, 6) is 0.465. The van der Waals surface area contributed by atoms with Crippen molar-refractivity contribution in [3.8, 4) is 0 Å². The number of halogens is 1. The highest BCUT2D eigenvalue weighted by Crippen LogP contribution is 2.21. The van der Waals surface area contributed by atoms with E-state index in [0.717, 1.165) is 25.9 Å². The van der Waals surface area contributed by atoms with Crippen LogP contribution in [-0.4, -0.2) is 35.1 Å². The average molecular weight is 311 g/mol. The van der Waals surface area contributed by atoms with Crippen LogP contribution in [-0.2, 0) is 0 Å². The second kappa shape index (κ2) is 6.59. The average Bonchev–Trinajstić information content (AvgIpc) is 2.43. The first-order chi connectivity index (χ1) is 9.97. The van der Waals surface area contributed by atoms with E-state index in [4.69, 9.17) is 28.8 Å². The van der Waals surface area contributed by atoms with Crippen LogP contribution in [0.2, 0.25) is 5.15 Å². The molecule has 1 aromatic rings. The summed E-state index contributed by atoms with van der Waals surface area (Å²) in [6.45, 7) is 5.70. The van der Waals surface area contributed by atoms with Crippen LogP contribution in [0.3, 0.4) is 0 Å². The topological polar surface area (TPSA) is 140 Å². The summed E-state index contributed by atoms with van der Waals surface area (Å²) in [6.07, 6.45) is 1.90. The summed E-state index contributed by atoms with van der Waals surface area (Å²) < 4.78 is 0. The quantitative estimate of drug-likeness (QED) is 0.388. The summed E-state index contributed by atoms with van der Waals surface area (Å²) in [4.78, 5) is 12.3. The lowest BCUT2D eigenvalue weighted by molar-refractivity contribution is 0.459. The van der Waals surface area contributed by atoms with Gasteiger partial charge >= 0.3 is 0 Å². The van der Waals surface area contributed by atoms with E-state index in [-0.39, 0.29) is 28.8 Å². The van der Waals surface area contributed by atoms with Gasteiger partial charge in [0.05, 0.1) is 11.7 Å². The van der Waals surface area contributed by atoms with Crippen LogP contribution < -0.4 is 27.8 Å². The van der Waals surface area contributed by atoms with Crippen LogP contribution in [0.25, 0.3) is 5.70 Å². The number of piperidine rings is 1. The third-order valence-electron chi connectivity index (χ3n) is 3.10. The number of nitrogens with zero attached hydrogens (tertiary/aromatic N) is 3. The fourth-order valence-corrected chi connectivity index (χ4v) is 2.17. The highest BCUT2D eigenvalue weighted by atomic mass is 35.5. The van der Waals surface area contributed by atoms with Crippen molar-refractivity contribution in [2.75, 3.05) is 24.6 Å². The fourth-order valence-electron chi connectivity index (χ4n) is 2.04. The standard InChI is InChI=1S/C12H19ClN8/c1-6(8-10(14)21-11(15)9(13)20-8)18-12(16)19-7-2-4-17-5-3-7/h7,17H,1-5H2,(H4,14,15,21)(H3,16,18,19). The van der Waals surface area contributed by atoms with Crippen molar-refractivity contribution < 1.29 is 0 Å². The van der Waals surface area contributed by atoms with Crippen molar-refractivity contribution in [2.24, 2.45) is 10.7 Å². The Hall–Kier alpha value is -2.06. The number of nitrogen functional groups attached to an aromatic ring is 2. The van der Waals surface area contributed by atoms with Crippen LogP contribution in [0.5, 0.6) is 0 Å². The second-order valence-electron chi connectivity index (χ2n) is 4.73. The number of nitrogens with two attached hydrogens (primary N) is 3. The number of nitrogens with one attached hydrogen (secondary N) is 2. The summed E-state index contributed by atoms with van der Waals surface area (Å²) in [6, 6.07) is 0.199. The van der Waals surface area contributed by atoms with Gasteiger partial charge < -0.3 is 27.8 Å². The molecular weight excluding hydrogens is 292 g/mol. The zero-order valence-electron chi connectivity index (χ0n) is 11.6. The molecule has 0 spiro atoms. The van der Waals surface area contributed by atoms with E-state index < -0.39 is 0 Å². The van der Waals surface area contributed by atoms with Crippen molar-refractivity contribution >= 4 is 34.9 Å². The Morgan fingerprint density at radius 1 is 1.29 bits per heavy atom. The molecule has 2 heterocycles. The Balaban J connectivity index is 2.07. The third kappa shape index (κ3) is 3.96. The molecule has 1 aromatic heterocycles. The zero-order chi connectivity index (χ0) is 15.4. The molecule has 8 nitrogen and oxygen atoms in total. The first-order valence-corrected chi connectivity index (χ1v) is 6.94. The molecule has 0 bridgehead atoms. The molecule has 9 heteroatoms. The maximum Gasteiger partial charge on any atom is 0.193 e. The number of anilines is 2. The maximum absolute atomic E-state index is 5.87. The Morgan fingerprint density at radius 2 is 1.95 bits per heavy atom. The first-order valence-electron chi connectivity index (χ1n) is 6.56. The molecule has 114 valence electrons.